The first-order chi connectivity index (χ1) is 13.1. The van der Waals surface area contributed by atoms with Crippen molar-refractivity contribution in [3.05, 3.63) is 72.8 Å². The summed E-state index contributed by atoms with van der Waals surface area (Å²) in [5.74, 6) is -0.137. The molecule has 1 atom stereocenters. The molecule has 0 spiro atoms. The van der Waals surface area contributed by atoms with E-state index in [1.807, 2.05) is 37.3 Å². The second kappa shape index (κ2) is 8.12. The van der Waals surface area contributed by atoms with Gasteiger partial charge in [-0.1, -0.05) is 36.9 Å². The van der Waals surface area contributed by atoms with Crippen LogP contribution < -0.4 is 5.32 Å². The van der Waals surface area contributed by atoms with Gasteiger partial charge in [0.15, 0.2) is 0 Å². The monoisotopic (exact) mass is 364 g/mol. The molecule has 1 aromatic heterocycles. The van der Waals surface area contributed by atoms with Crippen molar-refractivity contribution in [3.8, 4) is 0 Å². The Balaban J connectivity index is 1.84. The highest BCUT2D eigenvalue weighted by Crippen LogP contribution is 2.36. The minimum atomic E-state index is -0.671. The number of likely N-dealkylation sites (tertiary alicyclic amines) is 1. The van der Waals surface area contributed by atoms with E-state index in [1.165, 1.54) is 6.08 Å². The minimum absolute atomic E-state index is 0.0439. The van der Waals surface area contributed by atoms with E-state index >= 15 is 0 Å². The first kappa shape index (κ1) is 18.8. The molecule has 27 heavy (non-hydrogen) atoms. The van der Waals surface area contributed by atoms with Crippen molar-refractivity contribution >= 4 is 11.8 Å². The number of hydrogen-bond donors (Lipinski definition) is 1. The quantitative estimate of drug-likeness (QED) is 0.827. The third-order valence-electron chi connectivity index (χ3n) is 5.24. The molecule has 1 aliphatic heterocycles. The topological polar surface area (TPSA) is 75.2 Å². The Morgan fingerprint density at radius 2 is 1.93 bits per heavy atom. The zero-order valence-corrected chi connectivity index (χ0v) is 15.5. The van der Waals surface area contributed by atoms with E-state index < -0.39 is 5.41 Å². The van der Waals surface area contributed by atoms with E-state index in [1.54, 1.807) is 23.5 Å². The summed E-state index contributed by atoms with van der Waals surface area (Å²) in [6.07, 6.45) is 7.34. The summed E-state index contributed by atoms with van der Waals surface area (Å²) in [7, 11) is 0. The summed E-state index contributed by atoms with van der Waals surface area (Å²) in [6, 6.07) is 9.54. The molecule has 0 aliphatic carbocycles. The lowest BCUT2D eigenvalue weighted by Gasteiger charge is -2.41. The van der Waals surface area contributed by atoms with Crippen LogP contribution in [0.2, 0.25) is 0 Å². The minimum Gasteiger partial charge on any atom is -0.347 e. The molecule has 3 rings (SSSR count). The van der Waals surface area contributed by atoms with Crippen LogP contribution in [0.3, 0.4) is 0 Å². The molecule has 6 nitrogen and oxygen atoms in total. The van der Waals surface area contributed by atoms with Crippen LogP contribution in [0, 0.1) is 0 Å². The molecule has 0 radical (unpaired) electrons. The number of carbonyl (C=O) groups is 2. The molecular weight excluding hydrogens is 340 g/mol. The van der Waals surface area contributed by atoms with Gasteiger partial charge in [-0.15, -0.1) is 0 Å². The molecule has 1 aromatic carbocycles. The van der Waals surface area contributed by atoms with Crippen LogP contribution in [0.25, 0.3) is 0 Å². The van der Waals surface area contributed by atoms with Crippen molar-refractivity contribution in [2.75, 3.05) is 13.1 Å². The largest absolute Gasteiger partial charge is 0.347 e. The summed E-state index contributed by atoms with van der Waals surface area (Å²) in [4.78, 5) is 35.4. The fourth-order valence-electron chi connectivity index (χ4n) is 3.58. The molecular formula is C21H24N4O2. The van der Waals surface area contributed by atoms with E-state index in [9.17, 15) is 9.59 Å². The molecule has 0 saturated carbocycles. The lowest BCUT2D eigenvalue weighted by Crippen LogP contribution is -2.53. The Hall–Kier alpha value is -3.02. The second-order valence-electron chi connectivity index (χ2n) is 6.80. The number of nitrogens with zero attached hydrogens (tertiary/aromatic N) is 3. The summed E-state index contributed by atoms with van der Waals surface area (Å²) in [5, 5.41) is 3.10. The van der Waals surface area contributed by atoms with Crippen molar-refractivity contribution < 1.29 is 9.59 Å². The standard InChI is InChI=1S/C21H24N4O2/c1-3-19(26)25-13-9-21(10-14-25,17-7-5-4-6-8-17)20(27)24-16(2)18-15-22-11-12-23-18/h3-8,11-12,15-16H,1,9-10,13-14H2,2H3,(H,24,27)/t16-/m1/s1. The van der Waals surface area contributed by atoms with Crippen LogP contribution in [-0.2, 0) is 15.0 Å². The normalized spacial score (nSPS) is 17.0. The van der Waals surface area contributed by atoms with Gasteiger partial charge in [-0.25, -0.2) is 0 Å². The number of rotatable bonds is 5. The predicted octanol–water partition coefficient (Wildman–Crippen LogP) is 2.40. The molecule has 6 heteroatoms. The van der Waals surface area contributed by atoms with E-state index in [0.717, 1.165) is 5.56 Å². The maximum Gasteiger partial charge on any atom is 0.245 e. The number of piperidine rings is 1. The van der Waals surface area contributed by atoms with Crippen molar-refractivity contribution in [2.45, 2.75) is 31.2 Å². The molecule has 1 N–H and O–H groups in total. The van der Waals surface area contributed by atoms with E-state index in [-0.39, 0.29) is 17.9 Å². The van der Waals surface area contributed by atoms with Crippen LogP contribution in [0.4, 0.5) is 0 Å². The summed E-state index contributed by atoms with van der Waals surface area (Å²) in [6.45, 7) is 6.50. The van der Waals surface area contributed by atoms with Gasteiger partial charge in [0.05, 0.1) is 23.3 Å². The number of nitrogens with one attached hydrogen (secondary N) is 1. The highest BCUT2D eigenvalue weighted by molar-refractivity contribution is 5.90. The average Bonchev–Trinajstić information content (AvgIpc) is 2.74. The first-order valence-corrected chi connectivity index (χ1v) is 9.10. The maximum atomic E-state index is 13.4. The van der Waals surface area contributed by atoms with Crippen LogP contribution in [-0.4, -0.2) is 39.8 Å². The Labute approximate surface area is 159 Å². The van der Waals surface area contributed by atoms with Gasteiger partial charge in [-0.3, -0.25) is 19.6 Å². The zero-order valence-electron chi connectivity index (χ0n) is 15.5. The Kier molecular flexibility index (Phi) is 5.64. The lowest BCUT2D eigenvalue weighted by atomic mass is 9.71. The smallest absolute Gasteiger partial charge is 0.245 e. The SMILES string of the molecule is C=CC(=O)N1CCC(C(=O)N[C@H](C)c2cnccn2)(c2ccccc2)CC1. The zero-order chi connectivity index (χ0) is 19.3. The van der Waals surface area contributed by atoms with Gasteiger partial charge in [0.25, 0.3) is 0 Å². The van der Waals surface area contributed by atoms with Crippen molar-refractivity contribution in [2.24, 2.45) is 0 Å². The second-order valence-corrected chi connectivity index (χ2v) is 6.80. The molecule has 1 saturated heterocycles. The van der Waals surface area contributed by atoms with E-state index in [0.29, 0.717) is 31.6 Å². The third-order valence-corrected chi connectivity index (χ3v) is 5.24. The molecule has 0 bridgehead atoms. The predicted molar refractivity (Wildman–Crippen MR) is 103 cm³/mol. The maximum absolute atomic E-state index is 13.4. The fraction of sp³-hybridized carbons (Fsp3) is 0.333. The average molecular weight is 364 g/mol. The molecule has 0 unspecified atom stereocenters. The number of carbonyl (C=O) groups excluding carboxylic acids is 2. The molecule has 1 fully saturated rings. The van der Waals surface area contributed by atoms with Crippen LogP contribution >= 0.6 is 0 Å². The first-order valence-electron chi connectivity index (χ1n) is 9.10. The van der Waals surface area contributed by atoms with Gasteiger partial charge in [0.2, 0.25) is 11.8 Å². The van der Waals surface area contributed by atoms with Gasteiger partial charge in [-0.2, -0.15) is 0 Å². The van der Waals surface area contributed by atoms with Crippen molar-refractivity contribution in [3.63, 3.8) is 0 Å². The van der Waals surface area contributed by atoms with Gasteiger partial charge in [-0.05, 0) is 31.4 Å². The van der Waals surface area contributed by atoms with Crippen LogP contribution in [0.5, 0.6) is 0 Å². The highest BCUT2D eigenvalue weighted by atomic mass is 16.2. The molecule has 140 valence electrons. The Morgan fingerprint density at radius 3 is 2.52 bits per heavy atom. The summed E-state index contributed by atoms with van der Waals surface area (Å²) in [5.41, 5.74) is 1.02. The van der Waals surface area contributed by atoms with Gasteiger partial charge < -0.3 is 10.2 Å². The van der Waals surface area contributed by atoms with Crippen molar-refractivity contribution in [1.82, 2.24) is 20.2 Å². The van der Waals surface area contributed by atoms with E-state index in [2.05, 4.69) is 21.9 Å². The Bertz CT molecular complexity index is 799. The Morgan fingerprint density at radius 1 is 1.22 bits per heavy atom. The van der Waals surface area contributed by atoms with Gasteiger partial charge in [0, 0.05) is 25.5 Å². The highest BCUT2D eigenvalue weighted by Gasteiger charge is 2.43. The molecule has 1 aliphatic rings. The number of amides is 2. The third kappa shape index (κ3) is 3.89. The number of benzene rings is 1. The van der Waals surface area contributed by atoms with Crippen LogP contribution in [0.15, 0.2) is 61.6 Å². The van der Waals surface area contributed by atoms with E-state index in [4.69, 9.17) is 0 Å². The molecule has 2 heterocycles. The molecule has 2 aromatic rings. The van der Waals surface area contributed by atoms with Crippen molar-refractivity contribution in [1.29, 1.82) is 0 Å². The van der Waals surface area contributed by atoms with Crippen LogP contribution in [0.1, 0.15) is 37.1 Å². The molecule has 2 amide bonds. The summed E-state index contributed by atoms with van der Waals surface area (Å²) >= 11 is 0. The summed E-state index contributed by atoms with van der Waals surface area (Å²) < 4.78 is 0. The van der Waals surface area contributed by atoms with Gasteiger partial charge >= 0.3 is 0 Å². The fourth-order valence-corrected chi connectivity index (χ4v) is 3.58. The lowest BCUT2D eigenvalue weighted by molar-refractivity contribution is -0.134. The van der Waals surface area contributed by atoms with Gasteiger partial charge in [0.1, 0.15) is 0 Å². The number of hydrogen-bond acceptors (Lipinski definition) is 4. The number of aromatic nitrogens is 2.